The van der Waals surface area contributed by atoms with E-state index in [-0.39, 0.29) is 12.0 Å². The largest absolute Gasteiger partial charge is 0.452 e. The van der Waals surface area contributed by atoms with Crippen molar-refractivity contribution >= 4 is 11.9 Å². The van der Waals surface area contributed by atoms with E-state index >= 15 is 0 Å². The first-order valence-corrected chi connectivity index (χ1v) is 4.87. The fourth-order valence-corrected chi connectivity index (χ4v) is 1.26. The van der Waals surface area contributed by atoms with E-state index < -0.39 is 29.9 Å². The summed E-state index contributed by atoms with van der Waals surface area (Å²) in [5.74, 6) is -5.43. The Labute approximate surface area is 92.5 Å². The van der Waals surface area contributed by atoms with Crippen LogP contribution in [0, 0.1) is 5.92 Å². The summed E-state index contributed by atoms with van der Waals surface area (Å²) in [6.45, 7) is 6.34. The van der Waals surface area contributed by atoms with Crippen molar-refractivity contribution in [2.75, 3.05) is 0 Å². The molecule has 2 unspecified atom stereocenters. The number of hydrogen-bond acceptors (Lipinski definition) is 6. The Kier molecular flexibility index (Phi) is 3.35. The first-order chi connectivity index (χ1) is 7.29. The van der Waals surface area contributed by atoms with Crippen molar-refractivity contribution in [3.63, 3.8) is 0 Å². The molecule has 0 aromatic rings. The molecule has 2 N–H and O–H groups in total. The van der Waals surface area contributed by atoms with E-state index in [0.29, 0.717) is 0 Å². The Morgan fingerprint density at radius 2 is 2.00 bits per heavy atom. The van der Waals surface area contributed by atoms with Gasteiger partial charge in [-0.3, -0.25) is 4.79 Å². The Hall–Kier alpha value is -1.40. The summed E-state index contributed by atoms with van der Waals surface area (Å²) in [5.41, 5.74) is -0.174. The van der Waals surface area contributed by atoms with Crippen LogP contribution in [0.2, 0.25) is 0 Å². The van der Waals surface area contributed by atoms with Crippen LogP contribution in [-0.2, 0) is 19.1 Å². The van der Waals surface area contributed by atoms with E-state index in [1.807, 2.05) is 0 Å². The maximum absolute atomic E-state index is 11.5. The van der Waals surface area contributed by atoms with Crippen molar-refractivity contribution in [3.05, 3.63) is 12.2 Å². The van der Waals surface area contributed by atoms with Gasteiger partial charge in [0.1, 0.15) is 0 Å². The number of hydrogen-bond donors (Lipinski definition) is 2. The van der Waals surface area contributed by atoms with Gasteiger partial charge in [-0.1, -0.05) is 13.5 Å². The molecule has 0 saturated carbocycles. The van der Waals surface area contributed by atoms with Gasteiger partial charge in [-0.2, -0.15) is 0 Å². The van der Waals surface area contributed by atoms with Gasteiger partial charge < -0.3 is 19.7 Å². The van der Waals surface area contributed by atoms with Gasteiger partial charge in [0, 0.05) is 5.57 Å². The van der Waals surface area contributed by atoms with E-state index in [4.69, 9.17) is 4.74 Å². The molecule has 0 amide bonds. The summed E-state index contributed by atoms with van der Waals surface area (Å²) in [5, 5.41) is 18.9. The van der Waals surface area contributed by atoms with Crippen LogP contribution < -0.4 is 0 Å². The lowest BCUT2D eigenvalue weighted by molar-refractivity contribution is -0.360. The third-order valence-electron chi connectivity index (χ3n) is 2.43. The predicted octanol–water partition coefficient (Wildman–Crippen LogP) is -0.304. The van der Waals surface area contributed by atoms with Crippen LogP contribution in [0.3, 0.4) is 0 Å². The molecule has 0 aliphatic carbocycles. The molecule has 0 aromatic heterocycles. The summed E-state index contributed by atoms with van der Waals surface area (Å²) in [7, 11) is 0. The molecular weight excluding hydrogens is 216 g/mol. The number of ether oxygens (including phenoxy) is 2. The van der Waals surface area contributed by atoms with Crippen molar-refractivity contribution in [3.8, 4) is 0 Å². The maximum Gasteiger partial charge on any atom is 0.363 e. The van der Waals surface area contributed by atoms with Crippen LogP contribution in [0.15, 0.2) is 12.2 Å². The molecule has 1 heterocycles. The third kappa shape index (κ3) is 2.23. The van der Waals surface area contributed by atoms with Gasteiger partial charge in [0.25, 0.3) is 0 Å². The van der Waals surface area contributed by atoms with Gasteiger partial charge in [0.2, 0.25) is 0 Å². The average Bonchev–Trinajstić information content (AvgIpc) is 2.21. The van der Waals surface area contributed by atoms with Gasteiger partial charge in [-0.25, -0.2) is 4.79 Å². The molecule has 0 spiro atoms. The standard InChI is InChI=1S/C10H14O6/c1-4-7-10(13,14)16-9(12)6(3)5(2)8(11)15-7/h5,7,13-14H,3-4H2,1-2H3. The van der Waals surface area contributed by atoms with Crippen LogP contribution in [0.1, 0.15) is 20.3 Å². The third-order valence-corrected chi connectivity index (χ3v) is 2.43. The minimum Gasteiger partial charge on any atom is -0.452 e. The zero-order valence-corrected chi connectivity index (χ0v) is 9.10. The lowest BCUT2D eigenvalue weighted by Gasteiger charge is -2.32. The fraction of sp³-hybridized carbons (Fsp3) is 0.600. The normalized spacial score (nSPS) is 30.1. The highest BCUT2D eigenvalue weighted by Gasteiger charge is 2.45. The molecule has 1 rings (SSSR count). The lowest BCUT2D eigenvalue weighted by Crippen LogP contribution is -2.51. The first kappa shape index (κ1) is 12.7. The van der Waals surface area contributed by atoms with Gasteiger partial charge >= 0.3 is 17.9 Å². The Bertz CT molecular complexity index is 332. The second-order valence-electron chi connectivity index (χ2n) is 3.63. The molecule has 0 radical (unpaired) electrons. The topological polar surface area (TPSA) is 93.1 Å². The zero-order valence-electron chi connectivity index (χ0n) is 9.10. The average molecular weight is 230 g/mol. The summed E-state index contributed by atoms with van der Waals surface area (Å²) < 4.78 is 9.22. The van der Waals surface area contributed by atoms with Crippen molar-refractivity contribution in [1.82, 2.24) is 0 Å². The van der Waals surface area contributed by atoms with E-state index in [9.17, 15) is 19.8 Å². The van der Waals surface area contributed by atoms with Crippen LogP contribution >= 0.6 is 0 Å². The smallest absolute Gasteiger partial charge is 0.363 e. The molecule has 2 atom stereocenters. The quantitative estimate of drug-likeness (QED) is 0.365. The van der Waals surface area contributed by atoms with Gasteiger partial charge in [-0.15, -0.1) is 0 Å². The minimum absolute atomic E-state index is 0.102. The number of rotatable bonds is 1. The number of esters is 2. The summed E-state index contributed by atoms with van der Waals surface area (Å²) in [4.78, 5) is 22.8. The molecule has 0 bridgehead atoms. The molecule has 1 fully saturated rings. The number of carbonyl (C=O) groups excluding carboxylic acids is 2. The highest BCUT2D eigenvalue weighted by Crippen LogP contribution is 2.25. The van der Waals surface area contributed by atoms with Gasteiger partial charge in [-0.05, 0) is 13.3 Å². The Morgan fingerprint density at radius 1 is 1.44 bits per heavy atom. The van der Waals surface area contributed by atoms with Crippen LogP contribution in [0.25, 0.3) is 0 Å². The van der Waals surface area contributed by atoms with E-state index in [1.165, 1.54) is 6.92 Å². The summed E-state index contributed by atoms with van der Waals surface area (Å²) in [6.07, 6.45) is -1.20. The van der Waals surface area contributed by atoms with E-state index in [2.05, 4.69) is 11.3 Å². The van der Waals surface area contributed by atoms with Crippen molar-refractivity contribution in [2.45, 2.75) is 32.3 Å². The molecule has 0 aromatic carbocycles. The Morgan fingerprint density at radius 3 is 2.50 bits per heavy atom. The highest BCUT2D eigenvalue weighted by atomic mass is 16.8. The summed E-state index contributed by atoms with van der Waals surface area (Å²) >= 11 is 0. The zero-order chi connectivity index (χ0) is 12.5. The van der Waals surface area contributed by atoms with E-state index in [1.54, 1.807) is 6.92 Å². The monoisotopic (exact) mass is 230 g/mol. The second-order valence-corrected chi connectivity index (χ2v) is 3.63. The van der Waals surface area contributed by atoms with Crippen molar-refractivity contribution < 1.29 is 29.3 Å². The lowest BCUT2D eigenvalue weighted by atomic mass is 10.0. The molecule has 90 valence electrons. The molecule has 6 heteroatoms. The fourth-order valence-electron chi connectivity index (χ4n) is 1.26. The van der Waals surface area contributed by atoms with Crippen LogP contribution in [0.5, 0.6) is 0 Å². The molecule has 1 saturated heterocycles. The van der Waals surface area contributed by atoms with Gasteiger partial charge in [0.05, 0.1) is 5.92 Å². The van der Waals surface area contributed by atoms with Gasteiger partial charge in [0.15, 0.2) is 6.10 Å². The molecular formula is C10H14O6. The Balaban J connectivity index is 3.03. The summed E-state index contributed by atoms with van der Waals surface area (Å²) in [6, 6.07) is 0. The number of aliphatic hydroxyl groups is 2. The molecule has 6 nitrogen and oxygen atoms in total. The van der Waals surface area contributed by atoms with Crippen LogP contribution in [-0.4, -0.2) is 34.2 Å². The second kappa shape index (κ2) is 4.23. The SMILES string of the molecule is C=C1C(=O)OC(O)(O)C(CC)OC(=O)C1C. The molecule has 16 heavy (non-hydrogen) atoms. The minimum atomic E-state index is -2.81. The number of carbonyl (C=O) groups is 2. The molecule has 1 aliphatic heterocycles. The maximum atomic E-state index is 11.5. The number of cyclic esters (lactones) is 2. The highest BCUT2D eigenvalue weighted by molar-refractivity contribution is 5.95. The molecule has 1 aliphatic rings. The van der Waals surface area contributed by atoms with Crippen molar-refractivity contribution in [2.24, 2.45) is 5.92 Å². The van der Waals surface area contributed by atoms with Crippen molar-refractivity contribution in [1.29, 1.82) is 0 Å². The first-order valence-electron chi connectivity index (χ1n) is 4.87. The van der Waals surface area contributed by atoms with E-state index in [0.717, 1.165) is 0 Å². The predicted molar refractivity (Wildman–Crippen MR) is 51.7 cm³/mol. The van der Waals surface area contributed by atoms with Crippen LogP contribution in [0.4, 0.5) is 0 Å².